The van der Waals surface area contributed by atoms with Gasteiger partial charge in [-0.05, 0) is 44.9 Å². The topological polar surface area (TPSA) is 93.4 Å². The summed E-state index contributed by atoms with van der Waals surface area (Å²) in [4.78, 5) is 4.36. The Morgan fingerprint density at radius 3 is 2.62 bits per heavy atom. The summed E-state index contributed by atoms with van der Waals surface area (Å²) in [6.45, 7) is 5.88. The van der Waals surface area contributed by atoms with Crippen LogP contribution in [0, 0.1) is 20.8 Å². The van der Waals surface area contributed by atoms with E-state index in [0.717, 1.165) is 23.5 Å². The van der Waals surface area contributed by atoms with E-state index in [4.69, 9.17) is 4.52 Å². The summed E-state index contributed by atoms with van der Waals surface area (Å²) in [7, 11) is 0. The molecular weight excluding hydrogens is 268 g/mol. The highest BCUT2D eigenvalue weighted by Gasteiger charge is 2.12. The van der Waals surface area contributed by atoms with Gasteiger partial charge in [0.15, 0.2) is 0 Å². The molecule has 0 atom stereocenters. The van der Waals surface area contributed by atoms with Crippen molar-refractivity contribution in [1.82, 2.24) is 30.5 Å². The van der Waals surface area contributed by atoms with Crippen LogP contribution in [0.15, 0.2) is 16.7 Å². The van der Waals surface area contributed by atoms with Crippen molar-refractivity contribution < 1.29 is 4.52 Å². The van der Waals surface area contributed by atoms with Crippen LogP contribution in [0.1, 0.15) is 28.5 Å². The minimum Gasteiger partial charge on any atom is -0.339 e. The minimum atomic E-state index is 0.470. The first-order valence-corrected chi connectivity index (χ1v) is 6.77. The Bertz CT molecular complexity index is 724. The number of nitrogens with zero attached hydrogens (tertiary/aromatic N) is 5. The van der Waals surface area contributed by atoms with Gasteiger partial charge in [-0.1, -0.05) is 5.16 Å². The standard InChI is InChI=1S/C14H16N6O/c1-8-4-6-12(19-16-8)14-15-13(21-20-14)7-5-11-9(2)17-18-10(11)3/h4,6H,5,7H2,1-3H3,(H,17,18). The van der Waals surface area contributed by atoms with Crippen LogP contribution in [0.25, 0.3) is 11.5 Å². The number of H-pyrrole nitrogens is 1. The average molecular weight is 284 g/mol. The van der Waals surface area contributed by atoms with E-state index < -0.39 is 0 Å². The maximum absolute atomic E-state index is 5.27. The lowest BCUT2D eigenvalue weighted by atomic mass is 10.1. The summed E-state index contributed by atoms with van der Waals surface area (Å²) >= 11 is 0. The highest BCUT2D eigenvalue weighted by atomic mass is 16.5. The Labute approximate surface area is 121 Å². The van der Waals surface area contributed by atoms with Crippen LogP contribution in [0.4, 0.5) is 0 Å². The molecule has 0 aromatic carbocycles. The van der Waals surface area contributed by atoms with Gasteiger partial charge in [0.05, 0.1) is 11.4 Å². The molecule has 0 fully saturated rings. The molecule has 3 heterocycles. The van der Waals surface area contributed by atoms with Crippen molar-refractivity contribution in [3.8, 4) is 11.5 Å². The summed E-state index contributed by atoms with van der Waals surface area (Å²) in [5.41, 5.74) is 4.76. The molecule has 0 unspecified atom stereocenters. The molecule has 3 aromatic heterocycles. The number of aromatic nitrogens is 6. The second-order valence-corrected chi connectivity index (χ2v) is 4.98. The molecule has 0 saturated carbocycles. The van der Waals surface area contributed by atoms with Crippen LogP contribution in [-0.2, 0) is 12.8 Å². The van der Waals surface area contributed by atoms with Crippen molar-refractivity contribution in [2.24, 2.45) is 0 Å². The Balaban J connectivity index is 1.72. The second kappa shape index (κ2) is 5.43. The molecule has 0 aliphatic carbocycles. The van der Waals surface area contributed by atoms with Gasteiger partial charge in [-0.3, -0.25) is 5.10 Å². The molecule has 7 heteroatoms. The summed E-state index contributed by atoms with van der Waals surface area (Å²) in [5.74, 6) is 1.06. The van der Waals surface area contributed by atoms with Gasteiger partial charge in [-0.2, -0.15) is 15.2 Å². The number of nitrogens with one attached hydrogen (secondary N) is 1. The normalized spacial score (nSPS) is 11.0. The fourth-order valence-corrected chi connectivity index (χ4v) is 2.15. The molecule has 3 aromatic rings. The van der Waals surface area contributed by atoms with Crippen molar-refractivity contribution in [3.63, 3.8) is 0 Å². The van der Waals surface area contributed by atoms with E-state index in [1.54, 1.807) is 0 Å². The zero-order valence-corrected chi connectivity index (χ0v) is 12.2. The van der Waals surface area contributed by atoms with E-state index in [2.05, 4.69) is 30.5 Å². The van der Waals surface area contributed by atoms with Crippen LogP contribution in [0.2, 0.25) is 0 Å². The Morgan fingerprint density at radius 1 is 1.10 bits per heavy atom. The number of hydrogen-bond acceptors (Lipinski definition) is 6. The molecule has 0 bridgehead atoms. The fraction of sp³-hybridized carbons (Fsp3) is 0.357. The van der Waals surface area contributed by atoms with Crippen LogP contribution < -0.4 is 0 Å². The van der Waals surface area contributed by atoms with Crippen molar-refractivity contribution in [2.45, 2.75) is 33.6 Å². The smallest absolute Gasteiger partial charge is 0.227 e. The number of hydrogen-bond donors (Lipinski definition) is 1. The number of aryl methyl sites for hydroxylation is 4. The van der Waals surface area contributed by atoms with E-state index in [-0.39, 0.29) is 0 Å². The SMILES string of the molecule is Cc1ccc(-c2noc(CCc3c(C)n[nH]c3C)n2)nn1. The maximum atomic E-state index is 5.27. The molecular formula is C14H16N6O. The summed E-state index contributed by atoms with van der Waals surface area (Å²) in [5, 5.41) is 19.1. The molecule has 7 nitrogen and oxygen atoms in total. The average Bonchev–Trinajstić information content (AvgIpc) is 3.06. The summed E-state index contributed by atoms with van der Waals surface area (Å²) in [6.07, 6.45) is 1.49. The van der Waals surface area contributed by atoms with Crippen molar-refractivity contribution in [3.05, 3.63) is 40.7 Å². The van der Waals surface area contributed by atoms with E-state index >= 15 is 0 Å². The van der Waals surface area contributed by atoms with E-state index in [1.807, 2.05) is 32.9 Å². The first kappa shape index (κ1) is 13.4. The van der Waals surface area contributed by atoms with Gasteiger partial charge in [0.1, 0.15) is 5.69 Å². The monoisotopic (exact) mass is 284 g/mol. The Hall–Kier alpha value is -2.57. The predicted molar refractivity (Wildman–Crippen MR) is 75.5 cm³/mol. The molecule has 0 radical (unpaired) electrons. The Kier molecular flexibility index (Phi) is 3.47. The van der Waals surface area contributed by atoms with Gasteiger partial charge >= 0.3 is 0 Å². The molecule has 1 N–H and O–H groups in total. The van der Waals surface area contributed by atoms with Gasteiger partial charge in [-0.15, -0.1) is 5.10 Å². The second-order valence-electron chi connectivity index (χ2n) is 4.98. The fourth-order valence-electron chi connectivity index (χ4n) is 2.15. The van der Waals surface area contributed by atoms with Crippen molar-refractivity contribution in [1.29, 1.82) is 0 Å². The lowest BCUT2D eigenvalue weighted by Crippen LogP contribution is -1.95. The van der Waals surface area contributed by atoms with Crippen molar-refractivity contribution >= 4 is 0 Å². The third-order valence-corrected chi connectivity index (χ3v) is 3.36. The number of rotatable bonds is 4. The minimum absolute atomic E-state index is 0.470. The lowest BCUT2D eigenvalue weighted by Gasteiger charge is -1.97. The summed E-state index contributed by atoms with van der Waals surface area (Å²) < 4.78 is 5.27. The van der Waals surface area contributed by atoms with Crippen LogP contribution in [0.5, 0.6) is 0 Å². The quantitative estimate of drug-likeness (QED) is 0.787. The third-order valence-electron chi connectivity index (χ3n) is 3.36. The van der Waals surface area contributed by atoms with E-state index in [9.17, 15) is 0 Å². The number of aromatic amines is 1. The molecule has 0 amide bonds. The van der Waals surface area contributed by atoms with Gasteiger partial charge < -0.3 is 4.52 Å². The summed E-state index contributed by atoms with van der Waals surface area (Å²) in [6, 6.07) is 3.71. The molecule has 108 valence electrons. The maximum Gasteiger partial charge on any atom is 0.227 e. The molecule has 0 aliphatic heterocycles. The predicted octanol–water partition coefficient (Wildman–Crippen LogP) is 1.96. The molecule has 3 rings (SSSR count). The van der Waals surface area contributed by atoms with Gasteiger partial charge in [0, 0.05) is 12.1 Å². The van der Waals surface area contributed by atoms with Crippen LogP contribution >= 0.6 is 0 Å². The van der Waals surface area contributed by atoms with Gasteiger partial charge in [0.25, 0.3) is 0 Å². The van der Waals surface area contributed by atoms with Crippen LogP contribution in [-0.4, -0.2) is 30.5 Å². The van der Waals surface area contributed by atoms with Crippen molar-refractivity contribution in [2.75, 3.05) is 0 Å². The first-order chi connectivity index (χ1) is 10.1. The largest absolute Gasteiger partial charge is 0.339 e. The molecule has 21 heavy (non-hydrogen) atoms. The highest BCUT2D eigenvalue weighted by Crippen LogP contribution is 2.15. The molecule has 0 saturated heterocycles. The van der Waals surface area contributed by atoms with E-state index in [1.165, 1.54) is 5.56 Å². The highest BCUT2D eigenvalue weighted by molar-refractivity contribution is 5.46. The Morgan fingerprint density at radius 2 is 1.95 bits per heavy atom. The molecule has 0 aliphatic rings. The first-order valence-electron chi connectivity index (χ1n) is 6.77. The third kappa shape index (κ3) is 2.81. The zero-order chi connectivity index (χ0) is 14.8. The van der Waals surface area contributed by atoms with Gasteiger partial charge in [-0.25, -0.2) is 0 Å². The molecule has 0 spiro atoms. The lowest BCUT2D eigenvalue weighted by molar-refractivity contribution is 0.378. The van der Waals surface area contributed by atoms with E-state index in [0.29, 0.717) is 23.8 Å². The van der Waals surface area contributed by atoms with Gasteiger partial charge in [0.2, 0.25) is 11.7 Å². The van der Waals surface area contributed by atoms with Crippen LogP contribution in [0.3, 0.4) is 0 Å². The zero-order valence-electron chi connectivity index (χ0n) is 12.2.